The van der Waals surface area contributed by atoms with Crippen LogP contribution in [0.2, 0.25) is 0 Å². The SMILES string of the molecule is COc1ccc(N2C=C(C#N)S(=O)(=O)c3c(F)cccc32)c(C)c1. The van der Waals surface area contributed by atoms with Crippen molar-refractivity contribution in [3.63, 3.8) is 0 Å². The van der Waals surface area contributed by atoms with Crippen LogP contribution in [0.5, 0.6) is 5.75 Å². The lowest BCUT2D eigenvalue weighted by Crippen LogP contribution is -2.23. The molecule has 0 aromatic heterocycles. The van der Waals surface area contributed by atoms with Gasteiger partial charge in [0.25, 0.3) is 0 Å². The van der Waals surface area contributed by atoms with Gasteiger partial charge in [-0.05, 0) is 42.8 Å². The van der Waals surface area contributed by atoms with E-state index in [0.29, 0.717) is 11.4 Å². The van der Waals surface area contributed by atoms with Crippen LogP contribution in [-0.4, -0.2) is 15.5 Å². The Morgan fingerprint density at radius 2 is 1.96 bits per heavy atom. The van der Waals surface area contributed by atoms with E-state index in [4.69, 9.17) is 4.74 Å². The Labute approximate surface area is 139 Å². The summed E-state index contributed by atoms with van der Waals surface area (Å²) in [6, 6.07) is 10.9. The second-order valence-corrected chi connectivity index (χ2v) is 7.07. The van der Waals surface area contributed by atoms with Crippen molar-refractivity contribution in [1.29, 1.82) is 5.26 Å². The number of hydrogen-bond donors (Lipinski definition) is 0. The highest BCUT2D eigenvalue weighted by molar-refractivity contribution is 7.95. The number of nitrogens with zero attached hydrogens (tertiary/aromatic N) is 2. The van der Waals surface area contributed by atoms with Gasteiger partial charge in [0.05, 0.1) is 12.8 Å². The lowest BCUT2D eigenvalue weighted by molar-refractivity contribution is 0.414. The second-order valence-electron chi connectivity index (χ2n) is 5.22. The van der Waals surface area contributed by atoms with E-state index in [9.17, 15) is 18.1 Å². The number of ether oxygens (including phenoxy) is 1. The summed E-state index contributed by atoms with van der Waals surface area (Å²) in [5.41, 5.74) is 1.59. The summed E-state index contributed by atoms with van der Waals surface area (Å²) in [5.74, 6) is -0.241. The zero-order valence-corrected chi connectivity index (χ0v) is 13.8. The van der Waals surface area contributed by atoms with E-state index in [1.807, 2.05) is 6.92 Å². The summed E-state index contributed by atoms with van der Waals surface area (Å²) in [4.78, 5) is 0.516. The summed E-state index contributed by atoms with van der Waals surface area (Å²) in [6.07, 6.45) is 1.21. The van der Waals surface area contributed by atoms with Gasteiger partial charge in [0.2, 0.25) is 9.84 Å². The molecule has 0 spiro atoms. The van der Waals surface area contributed by atoms with E-state index >= 15 is 0 Å². The maximum absolute atomic E-state index is 14.2. The van der Waals surface area contributed by atoms with Crippen LogP contribution >= 0.6 is 0 Å². The summed E-state index contributed by atoms with van der Waals surface area (Å²) >= 11 is 0. The van der Waals surface area contributed by atoms with Gasteiger partial charge >= 0.3 is 0 Å². The van der Waals surface area contributed by atoms with Gasteiger partial charge in [0.1, 0.15) is 22.5 Å². The molecule has 0 fully saturated rings. The van der Waals surface area contributed by atoms with Crippen molar-refractivity contribution in [3.8, 4) is 11.8 Å². The van der Waals surface area contributed by atoms with Crippen LogP contribution in [-0.2, 0) is 9.84 Å². The first kappa shape index (κ1) is 16.0. The number of hydrogen-bond acceptors (Lipinski definition) is 5. The van der Waals surface area contributed by atoms with Crippen LogP contribution < -0.4 is 9.64 Å². The van der Waals surface area contributed by atoms with Crippen molar-refractivity contribution in [3.05, 3.63) is 58.9 Å². The van der Waals surface area contributed by atoms with Crippen LogP contribution in [0.25, 0.3) is 0 Å². The quantitative estimate of drug-likeness (QED) is 0.835. The monoisotopic (exact) mass is 344 g/mol. The number of anilines is 2. The number of halogens is 1. The van der Waals surface area contributed by atoms with Crippen LogP contribution in [0.1, 0.15) is 5.56 Å². The standard InChI is InChI=1S/C17H13FN2O3S/c1-11-8-12(23-2)6-7-15(11)20-10-13(9-19)24(21,22)17-14(18)4-3-5-16(17)20/h3-8,10H,1-2H3. The van der Waals surface area contributed by atoms with Crippen LogP contribution in [0.3, 0.4) is 0 Å². The number of aryl methyl sites for hydroxylation is 1. The van der Waals surface area contributed by atoms with Crippen molar-refractivity contribution in [2.45, 2.75) is 11.8 Å². The molecule has 7 heteroatoms. The van der Waals surface area contributed by atoms with Gasteiger partial charge < -0.3 is 9.64 Å². The molecule has 122 valence electrons. The summed E-state index contributed by atoms with van der Waals surface area (Å²) in [5, 5.41) is 9.19. The van der Waals surface area contributed by atoms with Gasteiger partial charge in [-0.3, -0.25) is 0 Å². The Kier molecular flexibility index (Phi) is 3.78. The molecule has 2 aromatic rings. The second kappa shape index (κ2) is 5.65. The van der Waals surface area contributed by atoms with Gasteiger partial charge in [-0.1, -0.05) is 6.07 Å². The van der Waals surface area contributed by atoms with Crippen LogP contribution in [0.4, 0.5) is 15.8 Å². The largest absolute Gasteiger partial charge is 0.497 e. The number of benzene rings is 2. The van der Waals surface area contributed by atoms with E-state index in [1.54, 1.807) is 31.4 Å². The molecule has 1 heterocycles. The number of nitriles is 1. The molecule has 2 aromatic carbocycles. The predicted molar refractivity (Wildman–Crippen MR) is 87.2 cm³/mol. The first-order valence-corrected chi connectivity index (χ1v) is 8.48. The van der Waals surface area contributed by atoms with Gasteiger partial charge in [-0.15, -0.1) is 0 Å². The average molecular weight is 344 g/mol. The Hall–Kier alpha value is -2.85. The fourth-order valence-electron chi connectivity index (χ4n) is 2.63. The van der Waals surface area contributed by atoms with Crippen molar-refractivity contribution in [1.82, 2.24) is 0 Å². The minimum atomic E-state index is -4.17. The molecule has 1 aliphatic heterocycles. The minimum absolute atomic E-state index is 0.169. The first-order chi connectivity index (χ1) is 11.4. The average Bonchev–Trinajstić information content (AvgIpc) is 2.55. The fourth-order valence-corrected chi connectivity index (χ4v) is 3.98. The van der Waals surface area contributed by atoms with Crippen molar-refractivity contribution in [2.75, 3.05) is 12.0 Å². The van der Waals surface area contributed by atoms with Crippen LogP contribution in [0.15, 0.2) is 52.4 Å². The Balaban J connectivity index is 2.31. The lowest BCUT2D eigenvalue weighted by atomic mass is 10.1. The van der Waals surface area contributed by atoms with Gasteiger partial charge in [-0.2, -0.15) is 5.26 Å². The number of allylic oxidation sites excluding steroid dienone is 1. The van der Waals surface area contributed by atoms with Crippen molar-refractivity contribution in [2.24, 2.45) is 0 Å². The highest BCUT2D eigenvalue weighted by Gasteiger charge is 2.35. The summed E-state index contributed by atoms with van der Waals surface area (Å²) in [6.45, 7) is 1.82. The highest BCUT2D eigenvalue weighted by atomic mass is 32.2. The molecule has 1 aliphatic rings. The van der Waals surface area contributed by atoms with Gasteiger partial charge in [0, 0.05) is 11.9 Å². The highest BCUT2D eigenvalue weighted by Crippen LogP contribution is 2.41. The van der Waals surface area contributed by atoms with Crippen LogP contribution in [0, 0.1) is 24.1 Å². The van der Waals surface area contributed by atoms with E-state index < -0.39 is 25.5 Å². The molecule has 0 saturated carbocycles. The number of fused-ring (bicyclic) bond motifs is 1. The molecule has 0 unspecified atom stereocenters. The van der Waals surface area contributed by atoms with E-state index in [2.05, 4.69) is 0 Å². The molecule has 0 amide bonds. The maximum atomic E-state index is 14.2. The molecule has 0 N–H and O–H groups in total. The third-order valence-corrected chi connectivity index (χ3v) is 5.50. The molecule has 5 nitrogen and oxygen atoms in total. The normalized spacial score (nSPS) is 15.2. The number of sulfone groups is 1. The Morgan fingerprint density at radius 1 is 1.21 bits per heavy atom. The molecular formula is C17H13FN2O3S. The van der Waals surface area contributed by atoms with E-state index in [-0.39, 0.29) is 5.69 Å². The Bertz CT molecular complexity index is 1010. The zero-order valence-electron chi connectivity index (χ0n) is 12.9. The summed E-state index contributed by atoms with van der Waals surface area (Å²) in [7, 11) is -2.63. The smallest absolute Gasteiger partial charge is 0.223 e. The Morgan fingerprint density at radius 3 is 2.58 bits per heavy atom. The third kappa shape index (κ3) is 2.32. The predicted octanol–water partition coefficient (Wildman–Crippen LogP) is 3.43. The molecular weight excluding hydrogens is 331 g/mol. The van der Waals surface area contributed by atoms with Gasteiger partial charge in [0.15, 0.2) is 4.91 Å². The van der Waals surface area contributed by atoms with Crippen molar-refractivity contribution >= 4 is 21.2 Å². The number of methoxy groups -OCH3 is 1. The maximum Gasteiger partial charge on any atom is 0.223 e. The third-order valence-electron chi connectivity index (χ3n) is 3.78. The number of rotatable bonds is 2. The molecule has 0 atom stereocenters. The molecule has 24 heavy (non-hydrogen) atoms. The van der Waals surface area contributed by atoms with Crippen molar-refractivity contribution < 1.29 is 17.5 Å². The van der Waals surface area contributed by atoms with E-state index in [0.717, 1.165) is 11.6 Å². The molecule has 3 rings (SSSR count). The van der Waals surface area contributed by atoms with Gasteiger partial charge in [-0.25, -0.2) is 12.8 Å². The van der Waals surface area contributed by atoms with E-state index in [1.165, 1.54) is 23.2 Å². The molecule has 0 saturated heterocycles. The molecule has 0 aliphatic carbocycles. The lowest BCUT2D eigenvalue weighted by Gasteiger charge is -2.29. The zero-order chi connectivity index (χ0) is 17.5. The minimum Gasteiger partial charge on any atom is -0.497 e. The first-order valence-electron chi connectivity index (χ1n) is 6.99. The molecule has 0 bridgehead atoms. The topological polar surface area (TPSA) is 70.4 Å². The summed E-state index contributed by atoms with van der Waals surface area (Å²) < 4.78 is 44.3. The fraction of sp³-hybridized carbons (Fsp3) is 0.118. The molecule has 0 radical (unpaired) electrons.